The number of nitrogens with two attached hydrogens (primary N) is 1. The molecule has 82 valence electrons. The first-order valence-electron chi connectivity index (χ1n) is 4.28. The van der Waals surface area contributed by atoms with Crippen molar-refractivity contribution >= 4 is 0 Å². The van der Waals surface area contributed by atoms with Crippen LogP contribution in [0.15, 0.2) is 29.9 Å². The van der Waals surface area contributed by atoms with Gasteiger partial charge in [-0.15, -0.1) is 0 Å². The van der Waals surface area contributed by atoms with Crippen molar-refractivity contribution in [2.45, 2.75) is 6.42 Å². The molecule has 0 amide bonds. The highest BCUT2D eigenvalue weighted by molar-refractivity contribution is 5.38. The molecule has 3 nitrogen and oxygen atoms in total. The largest absolute Gasteiger partial charge is 0.508 e. The lowest BCUT2D eigenvalue weighted by molar-refractivity contribution is 0.407. The van der Waals surface area contributed by atoms with E-state index >= 15 is 0 Å². The molecule has 1 aromatic carbocycles. The molecule has 0 heterocycles. The highest BCUT2D eigenvalue weighted by Gasteiger charge is 2.07. The first-order chi connectivity index (χ1) is 7.02. The van der Waals surface area contributed by atoms with Crippen LogP contribution < -0.4 is 5.73 Å². The van der Waals surface area contributed by atoms with E-state index < -0.39 is 6.08 Å². The van der Waals surface area contributed by atoms with Crippen LogP contribution in [-0.2, 0) is 6.42 Å². The van der Waals surface area contributed by atoms with Crippen LogP contribution in [0.4, 0.5) is 8.78 Å². The van der Waals surface area contributed by atoms with Crippen molar-refractivity contribution in [2.75, 3.05) is 6.54 Å². The molecule has 0 saturated carbocycles. The van der Waals surface area contributed by atoms with Crippen molar-refractivity contribution in [2.24, 2.45) is 5.73 Å². The number of halogens is 2. The third kappa shape index (κ3) is 3.21. The summed E-state index contributed by atoms with van der Waals surface area (Å²) in [5, 5.41) is 18.2. The van der Waals surface area contributed by atoms with Gasteiger partial charge in [-0.2, -0.15) is 8.78 Å². The van der Waals surface area contributed by atoms with Crippen molar-refractivity contribution < 1.29 is 19.0 Å². The van der Waals surface area contributed by atoms with Crippen molar-refractivity contribution in [3.8, 4) is 11.5 Å². The van der Waals surface area contributed by atoms with Crippen LogP contribution in [0.3, 0.4) is 0 Å². The van der Waals surface area contributed by atoms with E-state index in [2.05, 4.69) is 0 Å². The molecule has 5 heteroatoms. The van der Waals surface area contributed by atoms with Gasteiger partial charge in [-0.25, -0.2) is 0 Å². The normalized spacial score (nSPS) is 10.1. The maximum absolute atomic E-state index is 12.3. The van der Waals surface area contributed by atoms with E-state index in [0.717, 1.165) is 6.07 Å². The minimum absolute atomic E-state index is 0.0825. The number of phenolic OH excluding ortho intramolecular Hbond substituents is 2. The fourth-order valence-corrected chi connectivity index (χ4v) is 1.22. The first kappa shape index (κ1) is 11.5. The molecule has 15 heavy (non-hydrogen) atoms. The Morgan fingerprint density at radius 3 is 2.07 bits per heavy atom. The summed E-state index contributed by atoms with van der Waals surface area (Å²) in [5.74, 6) is -0.332. The minimum atomic E-state index is -1.82. The SMILES string of the molecule is NCC(Cc1cc(O)cc(O)c1)=C(F)F. The maximum atomic E-state index is 12.3. The molecule has 0 fully saturated rings. The molecule has 0 atom stereocenters. The number of rotatable bonds is 3. The second-order valence-electron chi connectivity index (χ2n) is 3.10. The molecule has 1 rings (SSSR count). The Morgan fingerprint density at radius 2 is 1.67 bits per heavy atom. The predicted octanol–water partition coefficient (Wildman–Crippen LogP) is 1.75. The molecular formula is C10H11F2NO2. The number of aromatic hydroxyl groups is 2. The minimum Gasteiger partial charge on any atom is -0.508 e. The molecule has 1 aromatic rings. The summed E-state index contributed by atoms with van der Waals surface area (Å²) in [7, 11) is 0. The second kappa shape index (κ2) is 4.75. The Hall–Kier alpha value is -1.62. The quantitative estimate of drug-likeness (QED) is 0.719. The van der Waals surface area contributed by atoms with Crippen LogP contribution in [0.2, 0.25) is 0 Å². The van der Waals surface area contributed by atoms with Gasteiger partial charge in [-0.05, 0) is 17.7 Å². The van der Waals surface area contributed by atoms with Crippen molar-refractivity contribution in [3.05, 3.63) is 35.4 Å². The summed E-state index contributed by atoms with van der Waals surface area (Å²) < 4.78 is 24.5. The molecule has 0 aromatic heterocycles. The van der Waals surface area contributed by atoms with Gasteiger partial charge >= 0.3 is 0 Å². The smallest absolute Gasteiger partial charge is 0.271 e. The predicted molar refractivity (Wildman–Crippen MR) is 51.8 cm³/mol. The third-order valence-corrected chi connectivity index (χ3v) is 1.89. The van der Waals surface area contributed by atoms with Crippen molar-refractivity contribution in [1.29, 1.82) is 0 Å². The first-order valence-corrected chi connectivity index (χ1v) is 4.28. The number of hydrogen-bond acceptors (Lipinski definition) is 3. The standard InChI is InChI=1S/C10H11F2NO2/c11-10(12)7(5-13)1-6-2-8(14)4-9(15)3-6/h2-4,14-15H,1,5,13H2. The lowest BCUT2D eigenvalue weighted by atomic mass is 10.1. The van der Waals surface area contributed by atoms with Gasteiger partial charge in [0.2, 0.25) is 0 Å². The summed E-state index contributed by atoms with van der Waals surface area (Å²) in [4.78, 5) is 0. The Kier molecular flexibility index (Phi) is 3.62. The molecule has 0 spiro atoms. The summed E-state index contributed by atoms with van der Waals surface area (Å²) in [6.45, 7) is -0.251. The lowest BCUT2D eigenvalue weighted by Gasteiger charge is -2.05. The average molecular weight is 215 g/mol. The van der Waals surface area contributed by atoms with Crippen molar-refractivity contribution in [1.82, 2.24) is 0 Å². The molecule has 0 aliphatic rings. The van der Waals surface area contributed by atoms with Gasteiger partial charge in [0.1, 0.15) is 11.5 Å². The Morgan fingerprint density at radius 1 is 1.13 bits per heavy atom. The fraction of sp³-hybridized carbons (Fsp3) is 0.200. The third-order valence-electron chi connectivity index (χ3n) is 1.89. The highest BCUT2D eigenvalue weighted by atomic mass is 19.3. The van der Waals surface area contributed by atoms with Gasteiger partial charge < -0.3 is 15.9 Å². The summed E-state index contributed by atoms with van der Waals surface area (Å²) in [5.41, 5.74) is 5.32. The molecule has 4 N–H and O–H groups in total. The maximum Gasteiger partial charge on any atom is 0.271 e. The number of benzene rings is 1. The number of hydrogen-bond donors (Lipinski definition) is 3. The Balaban J connectivity index is 2.94. The Labute approximate surface area is 85.5 Å². The van der Waals surface area contributed by atoms with Crippen molar-refractivity contribution in [3.63, 3.8) is 0 Å². The van der Waals surface area contributed by atoms with Gasteiger partial charge in [0.05, 0.1) is 0 Å². The summed E-state index contributed by atoms with van der Waals surface area (Å²) >= 11 is 0. The van der Waals surface area contributed by atoms with E-state index in [1.807, 2.05) is 0 Å². The zero-order valence-corrected chi connectivity index (χ0v) is 7.87. The van der Waals surface area contributed by atoms with Crippen LogP contribution in [-0.4, -0.2) is 16.8 Å². The molecule has 0 radical (unpaired) electrons. The summed E-state index contributed by atoms with van der Waals surface area (Å²) in [6.07, 6.45) is -1.90. The second-order valence-corrected chi connectivity index (χ2v) is 3.10. The van der Waals surface area contributed by atoms with E-state index in [-0.39, 0.29) is 30.0 Å². The zero-order chi connectivity index (χ0) is 11.4. The van der Waals surface area contributed by atoms with Gasteiger partial charge in [0, 0.05) is 24.6 Å². The van der Waals surface area contributed by atoms with E-state index in [0.29, 0.717) is 5.56 Å². The van der Waals surface area contributed by atoms with Gasteiger partial charge in [0.15, 0.2) is 0 Å². The highest BCUT2D eigenvalue weighted by Crippen LogP contribution is 2.23. The van der Waals surface area contributed by atoms with E-state index in [4.69, 9.17) is 15.9 Å². The Bertz CT molecular complexity index is 367. The molecule has 0 unspecified atom stereocenters. The van der Waals surface area contributed by atoms with Crippen LogP contribution in [0.25, 0.3) is 0 Å². The topological polar surface area (TPSA) is 66.5 Å². The molecule has 0 aliphatic heterocycles. The molecular weight excluding hydrogens is 204 g/mol. The number of phenols is 2. The average Bonchev–Trinajstić information content (AvgIpc) is 2.12. The van der Waals surface area contributed by atoms with Crippen LogP contribution in [0.5, 0.6) is 11.5 Å². The van der Waals surface area contributed by atoms with Crippen LogP contribution in [0, 0.1) is 0 Å². The van der Waals surface area contributed by atoms with E-state index in [9.17, 15) is 8.78 Å². The molecule has 0 aliphatic carbocycles. The monoisotopic (exact) mass is 215 g/mol. The summed E-state index contributed by atoms with van der Waals surface area (Å²) in [6, 6.07) is 3.73. The van der Waals surface area contributed by atoms with Crippen LogP contribution >= 0.6 is 0 Å². The van der Waals surface area contributed by atoms with Crippen LogP contribution in [0.1, 0.15) is 5.56 Å². The zero-order valence-electron chi connectivity index (χ0n) is 7.87. The molecule has 0 bridgehead atoms. The van der Waals surface area contributed by atoms with Gasteiger partial charge in [-0.1, -0.05) is 0 Å². The van der Waals surface area contributed by atoms with E-state index in [1.165, 1.54) is 12.1 Å². The van der Waals surface area contributed by atoms with Gasteiger partial charge in [-0.3, -0.25) is 0 Å². The van der Waals surface area contributed by atoms with E-state index in [1.54, 1.807) is 0 Å². The lowest BCUT2D eigenvalue weighted by Crippen LogP contribution is -2.06. The fourth-order valence-electron chi connectivity index (χ4n) is 1.22. The van der Waals surface area contributed by atoms with Gasteiger partial charge in [0.25, 0.3) is 6.08 Å². The molecule has 0 saturated heterocycles.